The number of nitrogens with zero attached hydrogens (tertiary/aromatic N) is 1. The fourth-order valence-electron chi connectivity index (χ4n) is 4.04. The first-order valence-corrected chi connectivity index (χ1v) is 12.1. The van der Waals surface area contributed by atoms with Crippen molar-refractivity contribution < 1.29 is 23.8 Å². The highest BCUT2D eigenvalue weighted by molar-refractivity contribution is 5.87. The first-order chi connectivity index (χ1) is 15.5. The fraction of sp³-hybridized carbons (Fsp3) is 0.667. The van der Waals surface area contributed by atoms with Crippen LogP contribution in [0.15, 0.2) is 28.4 Å². The number of hydrogen-bond acceptors (Lipinski definition) is 6. The third-order valence-corrected chi connectivity index (χ3v) is 6.15. The van der Waals surface area contributed by atoms with Gasteiger partial charge in [-0.15, -0.1) is 0 Å². The Morgan fingerprint density at radius 3 is 2.52 bits per heavy atom. The Bertz CT molecular complexity index is 805. The summed E-state index contributed by atoms with van der Waals surface area (Å²) in [4.78, 5) is 28.7. The lowest BCUT2D eigenvalue weighted by atomic mass is 9.74. The van der Waals surface area contributed by atoms with Crippen LogP contribution in [0.1, 0.15) is 91.7 Å². The van der Waals surface area contributed by atoms with Crippen molar-refractivity contribution in [3.8, 4) is 0 Å². The van der Waals surface area contributed by atoms with E-state index in [1.807, 2.05) is 32.9 Å². The first-order valence-electron chi connectivity index (χ1n) is 12.1. The number of ether oxygens (including phenoxy) is 1. The van der Waals surface area contributed by atoms with E-state index in [9.17, 15) is 14.7 Å². The zero-order valence-corrected chi connectivity index (χ0v) is 21.5. The number of carbonyl (C=O) groups excluding carboxylic acids is 2. The molecule has 6 heteroatoms. The number of ketones is 1. The number of aliphatic hydroxyl groups excluding tert-OH is 1. The first kappa shape index (κ1) is 28.8. The van der Waals surface area contributed by atoms with Gasteiger partial charge < -0.3 is 14.3 Å². The maximum atomic E-state index is 12.8. The third kappa shape index (κ3) is 10.5. The zero-order chi connectivity index (χ0) is 25.0. The minimum Gasteiger partial charge on any atom is -0.465 e. The Morgan fingerprint density at radius 1 is 1.21 bits per heavy atom. The molecule has 0 amide bonds. The predicted molar refractivity (Wildman–Crippen MR) is 131 cm³/mol. The van der Waals surface area contributed by atoms with Gasteiger partial charge in [-0.1, -0.05) is 51.8 Å². The monoisotopic (exact) mass is 461 g/mol. The number of rotatable bonds is 1. The summed E-state index contributed by atoms with van der Waals surface area (Å²) in [5, 5.41) is 10.4. The number of Topliss-reactive ketones (excluding diaryl/α,β-unsaturated/α-hetero) is 1. The molecule has 2 rings (SSSR count). The largest absolute Gasteiger partial charge is 0.465 e. The third-order valence-electron chi connectivity index (χ3n) is 6.15. The molecule has 1 aromatic rings. The van der Waals surface area contributed by atoms with Gasteiger partial charge in [-0.2, -0.15) is 0 Å². The van der Waals surface area contributed by atoms with Gasteiger partial charge in [0, 0.05) is 12.8 Å². The van der Waals surface area contributed by atoms with Gasteiger partial charge in [-0.3, -0.25) is 9.59 Å². The van der Waals surface area contributed by atoms with Crippen molar-refractivity contribution in [3.63, 3.8) is 0 Å². The van der Waals surface area contributed by atoms with Crippen molar-refractivity contribution in [2.45, 2.75) is 93.1 Å². The second-order valence-corrected chi connectivity index (χ2v) is 9.79. The summed E-state index contributed by atoms with van der Waals surface area (Å²) in [7, 11) is 0. The van der Waals surface area contributed by atoms with Crippen LogP contribution in [0.4, 0.5) is 0 Å². The lowest BCUT2D eigenvalue weighted by Gasteiger charge is -2.32. The lowest BCUT2D eigenvalue weighted by Crippen LogP contribution is -2.42. The molecule has 33 heavy (non-hydrogen) atoms. The highest BCUT2D eigenvalue weighted by atomic mass is 16.5. The van der Waals surface area contributed by atoms with Gasteiger partial charge in [0.1, 0.15) is 17.7 Å². The summed E-state index contributed by atoms with van der Waals surface area (Å²) in [6.45, 7) is 13.8. The van der Waals surface area contributed by atoms with Crippen LogP contribution < -0.4 is 0 Å². The molecule has 0 radical (unpaired) electrons. The van der Waals surface area contributed by atoms with Crippen LogP contribution in [0.5, 0.6) is 0 Å². The topological polar surface area (TPSA) is 89.6 Å². The van der Waals surface area contributed by atoms with Gasteiger partial charge in [-0.25, -0.2) is 4.98 Å². The number of oxazole rings is 1. The van der Waals surface area contributed by atoms with Crippen LogP contribution in [-0.2, 0) is 14.3 Å². The summed E-state index contributed by atoms with van der Waals surface area (Å²) in [6.07, 6.45) is 11.2. The van der Waals surface area contributed by atoms with Gasteiger partial charge in [-0.05, 0) is 51.5 Å². The molecule has 1 N–H and O–H groups in total. The van der Waals surface area contributed by atoms with Gasteiger partial charge in [0.15, 0.2) is 5.89 Å². The molecule has 3 atom stereocenters. The number of aromatic nitrogens is 1. The molecular weight excluding hydrogens is 418 g/mol. The van der Waals surface area contributed by atoms with E-state index in [1.165, 1.54) is 5.57 Å². The van der Waals surface area contributed by atoms with Crippen LogP contribution in [-0.4, -0.2) is 34.6 Å². The second-order valence-electron chi connectivity index (χ2n) is 9.79. The summed E-state index contributed by atoms with van der Waals surface area (Å²) < 4.78 is 10.1. The molecule has 0 aliphatic carbocycles. The molecular formula is C27H43NO5. The van der Waals surface area contributed by atoms with Gasteiger partial charge >= 0.3 is 5.97 Å². The molecule has 0 saturated heterocycles. The fourth-order valence-corrected chi connectivity index (χ4v) is 4.04. The normalized spacial score (nSPS) is 27.3. The molecule has 186 valence electrons. The molecule has 0 bridgehead atoms. The van der Waals surface area contributed by atoms with Crippen molar-refractivity contribution >= 4 is 17.8 Å². The molecule has 0 aromatic carbocycles. The average Bonchev–Trinajstić information content (AvgIpc) is 3.15. The summed E-state index contributed by atoms with van der Waals surface area (Å²) >= 11 is 0. The molecule has 0 spiro atoms. The second kappa shape index (κ2) is 14.1. The molecule has 1 aromatic heterocycles. The van der Waals surface area contributed by atoms with E-state index in [1.54, 1.807) is 20.1 Å². The molecule has 0 fully saturated rings. The SMILES string of the molecule is C/C1=C/CCOC(=O)CC(O)C(C)(C)C(=O)C(C)CC(C)CCC1.C/C=C\c1coc(C)n1. The number of cyclic esters (lactones) is 1. The number of aryl methyl sites for hydroxylation is 1. The van der Waals surface area contributed by atoms with Crippen LogP contribution in [0, 0.1) is 24.2 Å². The van der Waals surface area contributed by atoms with Crippen molar-refractivity contribution in [3.05, 3.63) is 35.6 Å². The van der Waals surface area contributed by atoms with E-state index in [-0.39, 0.29) is 18.1 Å². The van der Waals surface area contributed by atoms with Crippen LogP contribution in [0.25, 0.3) is 6.08 Å². The molecule has 0 saturated carbocycles. The minimum absolute atomic E-state index is 0.0258. The van der Waals surface area contributed by atoms with Gasteiger partial charge in [0.25, 0.3) is 0 Å². The number of hydrogen-bond donors (Lipinski definition) is 1. The number of aliphatic hydroxyl groups is 1. The number of allylic oxidation sites excluding steroid dienone is 2. The van der Waals surface area contributed by atoms with E-state index < -0.39 is 17.5 Å². The van der Waals surface area contributed by atoms with Crippen molar-refractivity contribution in [1.29, 1.82) is 0 Å². The summed E-state index contributed by atoms with van der Waals surface area (Å²) in [5.74, 6) is 0.649. The Morgan fingerprint density at radius 2 is 1.91 bits per heavy atom. The van der Waals surface area contributed by atoms with E-state index >= 15 is 0 Å². The smallest absolute Gasteiger partial charge is 0.308 e. The van der Waals surface area contributed by atoms with Gasteiger partial charge in [0.2, 0.25) is 0 Å². The zero-order valence-electron chi connectivity index (χ0n) is 21.5. The van der Waals surface area contributed by atoms with E-state index in [2.05, 4.69) is 24.9 Å². The highest BCUT2D eigenvalue weighted by Gasteiger charge is 2.39. The molecule has 6 nitrogen and oxygen atoms in total. The Kier molecular flexibility index (Phi) is 12.3. The maximum Gasteiger partial charge on any atom is 0.308 e. The summed E-state index contributed by atoms with van der Waals surface area (Å²) in [6, 6.07) is 0. The Labute approximate surface area is 199 Å². The molecule has 2 heterocycles. The molecule has 1 aliphatic heterocycles. The van der Waals surface area contributed by atoms with Crippen molar-refractivity contribution in [2.24, 2.45) is 17.3 Å². The summed E-state index contributed by atoms with van der Waals surface area (Å²) in [5.41, 5.74) is 1.26. The molecule has 1 aliphatic rings. The van der Waals surface area contributed by atoms with Crippen LogP contribution in [0.2, 0.25) is 0 Å². The number of esters is 1. The quantitative estimate of drug-likeness (QED) is 0.403. The molecule has 3 unspecified atom stereocenters. The van der Waals surface area contributed by atoms with Crippen molar-refractivity contribution in [1.82, 2.24) is 4.98 Å². The van der Waals surface area contributed by atoms with Crippen LogP contribution >= 0.6 is 0 Å². The minimum atomic E-state index is -1.01. The Hall–Kier alpha value is -2.21. The van der Waals surface area contributed by atoms with E-state index in [0.29, 0.717) is 24.8 Å². The van der Waals surface area contributed by atoms with Crippen LogP contribution in [0.3, 0.4) is 0 Å². The van der Waals surface area contributed by atoms with Gasteiger partial charge in [0.05, 0.1) is 24.5 Å². The van der Waals surface area contributed by atoms with E-state index in [0.717, 1.165) is 31.4 Å². The Balaban J connectivity index is 0.000000502. The average molecular weight is 462 g/mol. The maximum absolute atomic E-state index is 12.8. The predicted octanol–water partition coefficient (Wildman–Crippen LogP) is 6.07. The highest BCUT2D eigenvalue weighted by Crippen LogP contribution is 2.31. The van der Waals surface area contributed by atoms with Crippen molar-refractivity contribution in [2.75, 3.05) is 6.61 Å². The standard InChI is InChI=1S/C20H34O4.C7H9NO/c1-14-8-6-9-15(2)12-16(3)19(23)20(4,5)17(21)13-18(22)24-11-7-10-14;1-3-4-7-5-9-6(2)8-7/h10,15-17,21H,6-9,11-13H2,1-5H3;3-5H,1-2H3/b14-10-;4-3-. The number of carbonyl (C=O) groups is 2. The van der Waals surface area contributed by atoms with E-state index in [4.69, 9.17) is 9.15 Å². The lowest BCUT2D eigenvalue weighted by molar-refractivity contribution is -0.150.